The Bertz CT molecular complexity index is 1250. The summed E-state index contributed by atoms with van der Waals surface area (Å²) in [5, 5.41) is 6.35. The van der Waals surface area contributed by atoms with Crippen LogP contribution in [0.1, 0.15) is 43.5 Å². The molecule has 0 N–H and O–H groups in total. The smallest absolute Gasteiger partial charge is 0.0709 e. The molecule has 1 aliphatic carbocycles. The minimum atomic E-state index is 0.388. The second kappa shape index (κ2) is 9.13. The van der Waals surface area contributed by atoms with Gasteiger partial charge in [-0.05, 0) is 68.0 Å². The average Bonchev–Trinajstić information content (AvgIpc) is 3.21. The molecule has 6 rings (SSSR count). The molecule has 2 fully saturated rings. The molecule has 3 heterocycles. The Labute approximate surface area is 202 Å². The normalized spacial score (nSPS) is 18.9. The van der Waals surface area contributed by atoms with Crippen LogP contribution in [0.3, 0.4) is 0 Å². The summed E-state index contributed by atoms with van der Waals surface area (Å²) >= 11 is 0. The number of piperazine rings is 1. The predicted octanol–water partition coefficient (Wildman–Crippen LogP) is 5.66. The van der Waals surface area contributed by atoms with Crippen molar-refractivity contribution in [2.45, 2.75) is 51.1 Å². The molecule has 2 aromatic heterocycles. The highest BCUT2D eigenvalue weighted by Gasteiger charge is 2.29. The molecule has 5 heteroatoms. The highest BCUT2D eigenvalue weighted by molar-refractivity contribution is 5.85. The van der Waals surface area contributed by atoms with Gasteiger partial charge >= 0.3 is 0 Å². The van der Waals surface area contributed by atoms with Crippen LogP contribution in [-0.2, 0) is 12.8 Å². The zero-order valence-corrected chi connectivity index (χ0v) is 20.0. The fourth-order valence-electron chi connectivity index (χ4n) is 5.57. The summed E-state index contributed by atoms with van der Waals surface area (Å²) in [4.78, 5) is 9.52. The molecule has 1 unspecified atom stereocenters. The Balaban J connectivity index is 1.32. The van der Waals surface area contributed by atoms with E-state index in [4.69, 9.17) is 5.10 Å². The quantitative estimate of drug-likeness (QED) is 0.379. The molecule has 0 bridgehead atoms. The maximum absolute atomic E-state index is 5.02. The van der Waals surface area contributed by atoms with E-state index in [1.165, 1.54) is 52.8 Å². The van der Waals surface area contributed by atoms with E-state index in [1.807, 2.05) is 18.5 Å². The summed E-state index contributed by atoms with van der Waals surface area (Å²) in [6.07, 6.45) is 9.71. The number of hydrogen-bond donors (Lipinski definition) is 0. The lowest BCUT2D eigenvalue weighted by Gasteiger charge is -2.44. The standard InChI is InChI=1S/C29H33N5/c1-2-28-27-14-13-24(19-29(27)34(31-28)23-10-6-11-23)32-16-17-33(25-12-7-15-30-20-25)26(21-32)18-22-8-4-3-5-9-22/h3-5,7-9,12-15,19-20,23,26H,2,6,10-11,16-18,21H2,1H3. The number of hydrogen-bond acceptors (Lipinski definition) is 4. The maximum Gasteiger partial charge on any atom is 0.0709 e. The van der Waals surface area contributed by atoms with Gasteiger partial charge in [0.1, 0.15) is 0 Å². The molecule has 0 amide bonds. The van der Waals surface area contributed by atoms with Gasteiger partial charge in [0.25, 0.3) is 0 Å². The van der Waals surface area contributed by atoms with Crippen molar-refractivity contribution >= 4 is 22.3 Å². The SMILES string of the molecule is CCc1nn(C2CCC2)c2cc(N3CCN(c4cccnc4)C(Cc4ccccc4)C3)ccc12. The molecule has 1 atom stereocenters. The van der Waals surface area contributed by atoms with Gasteiger partial charge in [0, 0.05) is 36.9 Å². The van der Waals surface area contributed by atoms with Gasteiger partial charge in [-0.25, -0.2) is 0 Å². The van der Waals surface area contributed by atoms with Gasteiger partial charge in [-0.2, -0.15) is 5.10 Å². The summed E-state index contributed by atoms with van der Waals surface area (Å²) in [7, 11) is 0. The lowest BCUT2D eigenvalue weighted by atomic mass is 9.93. The number of aryl methyl sites for hydroxylation is 1. The molecule has 0 spiro atoms. The minimum Gasteiger partial charge on any atom is -0.368 e. The first-order valence-electron chi connectivity index (χ1n) is 12.8. The fourth-order valence-corrected chi connectivity index (χ4v) is 5.57. The first-order chi connectivity index (χ1) is 16.8. The van der Waals surface area contributed by atoms with Crippen LogP contribution in [0.2, 0.25) is 0 Å². The van der Waals surface area contributed by atoms with Gasteiger partial charge in [-0.15, -0.1) is 0 Å². The number of pyridine rings is 1. The molecule has 2 aromatic carbocycles. The van der Waals surface area contributed by atoms with Crippen LogP contribution in [0.4, 0.5) is 11.4 Å². The van der Waals surface area contributed by atoms with Crippen molar-refractivity contribution in [3.63, 3.8) is 0 Å². The maximum atomic E-state index is 5.02. The molecule has 34 heavy (non-hydrogen) atoms. The van der Waals surface area contributed by atoms with Crippen molar-refractivity contribution in [3.8, 4) is 0 Å². The highest BCUT2D eigenvalue weighted by atomic mass is 15.3. The van der Waals surface area contributed by atoms with Crippen LogP contribution < -0.4 is 9.80 Å². The topological polar surface area (TPSA) is 37.2 Å². The Morgan fingerprint density at radius 2 is 1.82 bits per heavy atom. The number of aromatic nitrogens is 3. The van der Waals surface area contributed by atoms with Crippen LogP contribution in [0.5, 0.6) is 0 Å². The van der Waals surface area contributed by atoms with Crippen molar-refractivity contribution in [1.29, 1.82) is 0 Å². The van der Waals surface area contributed by atoms with E-state index in [-0.39, 0.29) is 0 Å². The second-order valence-electron chi connectivity index (χ2n) is 9.73. The van der Waals surface area contributed by atoms with Crippen molar-refractivity contribution in [2.24, 2.45) is 0 Å². The van der Waals surface area contributed by atoms with Gasteiger partial charge in [0.2, 0.25) is 0 Å². The second-order valence-corrected chi connectivity index (χ2v) is 9.73. The van der Waals surface area contributed by atoms with E-state index >= 15 is 0 Å². The van der Waals surface area contributed by atoms with Crippen molar-refractivity contribution in [1.82, 2.24) is 14.8 Å². The molecule has 1 saturated heterocycles. The number of anilines is 2. The van der Waals surface area contributed by atoms with E-state index in [0.717, 1.165) is 32.5 Å². The molecule has 0 radical (unpaired) electrons. The van der Waals surface area contributed by atoms with E-state index in [1.54, 1.807) is 0 Å². The third-order valence-corrected chi connectivity index (χ3v) is 7.66. The van der Waals surface area contributed by atoms with Crippen LogP contribution in [0, 0.1) is 0 Å². The van der Waals surface area contributed by atoms with Crippen LogP contribution in [0.15, 0.2) is 73.1 Å². The van der Waals surface area contributed by atoms with Gasteiger partial charge in [0.05, 0.1) is 35.2 Å². The predicted molar refractivity (Wildman–Crippen MR) is 140 cm³/mol. The van der Waals surface area contributed by atoms with E-state index < -0.39 is 0 Å². The lowest BCUT2D eigenvalue weighted by Crippen LogP contribution is -2.54. The molecule has 1 saturated carbocycles. The number of fused-ring (bicyclic) bond motifs is 1. The highest BCUT2D eigenvalue weighted by Crippen LogP contribution is 2.36. The van der Waals surface area contributed by atoms with Crippen LogP contribution in [-0.4, -0.2) is 40.4 Å². The molecule has 1 aliphatic heterocycles. The summed E-state index contributed by atoms with van der Waals surface area (Å²) in [5.41, 5.74) is 6.47. The van der Waals surface area contributed by atoms with Gasteiger partial charge in [-0.3, -0.25) is 9.67 Å². The Morgan fingerprint density at radius 1 is 0.941 bits per heavy atom. The van der Waals surface area contributed by atoms with Crippen molar-refractivity contribution < 1.29 is 0 Å². The molecular formula is C29H33N5. The van der Waals surface area contributed by atoms with Crippen LogP contribution in [0.25, 0.3) is 10.9 Å². The van der Waals surface area contributed by atoms with Crippen LogP contribution >= 0.6 is 0 Å². The molecule has 5 nitrogen and oxygen atoms in total. The van der Waals surface area contributed by atoms with Gasteiger partial charge in [-0.1, -0.05) is 37.3 Å². The Hall–Kier alpha value is -3.34. The first kappa shape index (κ1) is 21.2. The van der Waals surface area contributed by atoms with Crippen molar-refractivity contribution in [3.05, 3.63) is 84.3 Å². The first-order valence-corrected chi connectivity index (χ1v) is 12.8. The molecule has 4 aromatic rings. The zero-order chi connectivity index (χ0) is 22.9. The Morgan fingerprint density at radius 3 is 2.56 bits per heavy atom. The van der Waals surface area contributed by atoms with E-state index in [9.17, 15) is 0 Å². The third-order valence-electron chi connectivity index (χ3n) is 7.66. The van der Waals surface area contributed by atoms with E-state index in [2.05, 4.69) is 81.0 Å². The number of nitrogens with zero attached hydrogens (tertiary/aromatic N) is 5. The number of benzene rings is 2. The molecule has 174 valence electrons. The number of rotatable bonds is 6. The monoisotopic (exact) mass is 451 g/mol. The minimum absolute atomic E-state index is 0.388. The lowest BCUT2D eigenvalue weighted by molar-refractivity contribution is 0.296. The third kappa shape index (κ3) is 3.93. The van der Waals surface area contributed by atoms with Crippen molar-refractivity contribution in [2.75, 3.05) is 29.4 Å². The van der Waals surface area contributed by atoms with E-state index in [0.29, 0.717) is 12.1 Å². The summed E-state index contributed by atoms with van der Waals surface area (Å²) in [6.45, 7) is 5.20. The Kier molecular flexibility index (Phi) is 5.69. The largest absolute Gasteiger partial charge is 0.368 e. The average molecular weight is 452 g/mol. The zero-order valence-electron chi connectivity index (χ0n) is 20.0. The summed E-state index contributed by atoms with van der Waals surface area (Å²) < 4.78 is 2.33. The summed E-state index contributed by atoms with van der Waals surface area (Å²) in [5.74, 6) is 0. The summed E-state index contributed by atoms with van der Waals surface area (Å²) in [6, 6.07) is 23.1. The fraction of sp³-hybridized carbons (Fsp3) is 0.379. The van der Waals surface area contributed by atoms with Gasteiger partial charge < -0.3 is 9.80 Å². The molecular weight excluding hydrogens is 418 g/mol. The van der Waals surface area contributed by atoms with Gasteiger partial charge in [0.15, 0.2) is 0 Å². The molecule has 2 aliphatic rings.